The van der Waals surface area contributed by atoms with Gasteiger partial charge in [0.1, 0.15) is 0 Å². The van der Waals surface area contributed by atoms with E-state index in [1.165, 1.54) is 0 Å². The van der Waals surface area contributed by atoms with Crippen molar-refractivity contribution in [3.05, 3.63) is 21.8 Å². The summed E-state index contributed by atoms with van der Waals surface area (Å²) in [6.45, 7) is 4.55. The van der Waals surface area contributed by atoms with E-state index in [1.54, 1.807) is 9.67 Å². The van der Waals surface area contributed by atoms with E-state index in [0.29, 0.717) is 0 Å². The molecule has 0 fully saturated rings. The first-order valence-corrected chi connectivity index (χ1v) is 16.1. The van der Waals surface area contributed by atoms with Gasteiger partial charge >= 0.3 is 104 Å². The molecular formula is C14H24OSn. The third-order valence-electron chi connectivity index (χ3n) is 3.67. The molecule has 0 aromatic heterocycles. The SMILES string of the molecule is C/[C](=C\CC1(C)C=CC(=O)CC1)[Sn]([CH3])([CH3])[CH3]. The Kier molecular flexibility index (Phi) is 4.44. The second-order valence-corrected chi connectivity index (χ2v) is 21.4. The maximum absolute atomic E-state index is 11.2. The van der Waals surface area contributed by atoms with Gasteiger partial charge in [0.25, 0.3) is 0 Å². The summed E-state index contributed by atoms with van der Waals surface area (Å²) in [5, 5.41) is 0. The Bertz CT molecular complexity index is 333. The molecular weight excluding hydrogens is 303 g/mol. The summed E-state index contributed by atoms with van der Waals surface area (Å²) < 4.78 is 1.64. The summed E-state index contributed by atoms with van der Waals surface area (Å²) in [6, 6.07) is 0. The monoisotopic (exact) mass is 328 g/mol. The fourth-order valence-corrected chi connectivity index (χ4v) is 3.77. The van der Waals surface area contributed by atoms with Gasteiger partial charge in [0.15, 0.2) is 0 Å². The van der Waals surface area contributed by atoms with Crippen LogP contribution in [-0.4, -0.2) is 24.2 Å². The number of hydrogen-bond donors (Lipinski definition) is 0. The maximum atomic E-state index is 11.2. The van der Waals surface area contributed by atoms with Crippen LogP contribution in [0.3, 0.4) is 0 Å². The Morgan fingerprint density at radius 1 is 1.50 bits per heavy atom. The van der Waals surface area contributed by atoms with Crippen molar-refractivity contribution in [2.75, 3.05) is 0 Å². The summed E-state index contributed by atoms with van der Waals surface area (Å²) >= 11 is -1.83. The van der Waals surface area contributed by atoms with Gasteiger partial charge in [0.2, 0.25) is 0 Å². The number of rotatable bonds is 3. The van der Waals surface area contributed by atoms with Crippen LogP contribution in [0.4, 0.5) is 0 Å². The third-order valence-corrected chi connectivity index (χ3v) is 11.0. The van der Waals surface area contributed by atoms with Gasteiger partial charge in [-0.25, -0.2) is 0 Å². The number of carbonyl (C=O) groups is 1. The van der Waals surface area contributed by atoms with Crippen molar-refractivity contribution in [3.63, 3.8) is 0 Å². The van der Waals surface area contributed by atoms with E-state index in [-0.39, 0.29) is 11.2 Å². The first kappa shape index (κ1) is 14.0. The summed E-state index contributed by atoms with van der Waals surface area (Å²) in [5.41, 5.74) is 0.215. The van der Waals surface area contributed by atoms with Crippen molar-refractivity contribution in [1.29, 1.82) is 0 Å². The van der Waals surface area contributed by atoms with Gasteiger partial charge in [-0.2, -0.15) is 0 Å². The van der Waals surface area contributed by atoms with E-state index in [1.807, 2.05) is 0 Å². The quantitative estimate of drug-likeness (QED) is 0.713. The number of ketones is 1. The number of hydrogen-bond acceptors (Lipinski definition) is 1. The Morgan fingerprint density at radius 3 is 2.56 bits per heavy atom. The molecule has 0 spiro atoms. The van der Waals surface area contributed by atoms with E-state index < -0.39 is 18.4 Å². The molecule has 0 aromatic carbocycles. The summed E-state index contributed by atoms with van der Waals surface area (Å²) in [5.74, 6) is 0.285. The van der Waals surface area contributed by atoms with Crippen molar-refractivity contribution in [3.8, 4) is 0 Å². The zero-order chi connectivity index (χ0) is 12.4. The minimum absolute atomic E-state index is 0.215. The van der Waals surface area contributed by atoms with Gasteiger partial charge in [0.05, 0.1) is 0 Å². The van der Waals surface area contributed by atoms with Crippen molar-refractivity contribution in [2.45, 2.75) is 47.9 Å². The Labute approximate surface area is 104 Å². The summed E-state index contributed by atoms with van der Waals surface area (Å²) in [7, 11) is 0. The molecule has 1 unspecified atom stereocenters. The van der Waals surface area contributed by atoms with E-state index in [9.17, 15) is 4.79 Å². The molecule has 1 nitrogen and oxygen atoms in total. The van der Waals surface area contributed by atoms with Crippen molar-refractivity contribution in [2.24, 2.45) is 5.41 Å². The molecule has 0 saturated carbocycles. The van der Waals surface area contributed by atoms with Crippen LogP contribution in [0.1, 0.15) is 33.1 Å². The Morgan fingerprint density at radius 2 is 2.12 bits per heavy atom. The molecule has 0 bridgehead atoms. The van der Waals surface area contributed by atoms with Gasteiger partial charge in [-0.1, -0.05) is 0 Å². The van der Waals surface area contributed by atoms with Gasteiger partial charge < -0.3 is 0 Å². The zero-order valence-electron chi connectivity index (χ0n) is 11.3. The van der Waals surface area contributed by atoms with E-state index in [4.69, 9.17) is 0 Å². The molecule has 0 aromatic rings. The molecule has 0 amide bonds. The average molecular weight is 327 g/mol. The number of carbonyl (C=O) groups excluding carboxylic acids is 1. The summed E-state index contributed by atoms with van der Waals surface area (Å²) in [6.07, 6.45) is 9.13. The van der Waals surface area contributed by atoms with Gasteiger partial charge in [0, 0.05) is 0 Å². The van der Waals surface area contributed by atoms with E-state index >= 15 is 0 Å². The van der Waals surface area contributed by atoms with Crippen molar-refractivity contribution >= 4 is 24.2 Å². The molecule has 0 saturated heterocycles. The molecule has 0 radical (unpaired) electrons. The first-order chi connectivity index (χ1) is 7.23. The van der Waals surface area contributed by atoms with Crippen molar-refractivity contribution < 1.29 is 4.79 Å². The van der Waals surface area contributed by atoms with Crippen LogP contribution in [0.2, 0.25) is 14.8 Å². The Hall–Kier alpha value is -0.0513. The zero-order valence-corrected chi connectivity index (χ0v) is 14.1. The molecule has 0 N–H and O–H groups in total. The molecule has 1 aliphatic rings. The van der Waals surface area contributed by atoms with Crippen LogP contribution in [0, 0.1) is 5.41 Å². The van der Waals surface area contributed by atoms with E-state index in [0.717, 1.165) is 19.3 Å². The standard InChI is InChI=1S/C11H15O.3CH3.Sn/c1-3-4-7-11(2)8-5-10(12)6-9-11;;;;/h4-5,8H,6-7,9H2,1-2H3;3*1H3;. The van der Waals surface area contributed by atoms with Crippen LogP contribution in [-0.2, 0) is 4.79 Å². The van der Waals surface area contributed by atoms with Crippen LogP contribution >= 0.6 is 0 Å². The van der Waals surface area contributed by atoms with E-state index in [2.05, 4.69) is 40.8 Å². The average Bonchev–Trinajstić information content (AvgIpc) is 2.18. The molecule has 1 rings (SSSR count). The minimum atomic E-state index is -1.83. The first-order valence-electron chi connectivity index (χ1n) is 6.12. The Balaban J connectivity index is 2.68. The van der Waals surface area contributed by atoms with Crippen LogP contribution in [0.5, 0.6) is 0 Å². The molecule has 1 aliphatic carbocycles. The second kappa shape index (κ2) is 5.07. The molecule has 1 atom stereocenters. The normalized spacial score (nSPS) is 27.3. The predicted molar refractivity (Wildman–Crippen MR) is 73.2 cm³/mol. The fourth-order valence-electron chi connectivity index (χ4n) is 1.73. The summed E-state index contributed by atoms with van der Waals surface area (Å²) in [4.78, 5) is 18.5. The van der Waals surface area contributed by atoms with Crippen LogP contribution in [0.15, 0.2) is 21.8 Å². The molecule has 90 valence electrons. The molecule has 0 heterocycles. The van der Waals surface area contributed by atoms with Crippen LogP contribution < -0.4 is 0 Å². The van der Waals surface area contributed by atoms with Gasteiger partial charge in [-0.05, 0) is 0 Å². The predicted octanol–water partition coefficient (Wildman–Crippen LogP) is 4.13. The van der Waals surface area contributed by atoms with Crippen molar-refractivity contribution in [1.82, 2.24) is 0 Å². The molecule has 2 heteroatoms. The molecule has 0 aliphatic heterocycles. The second-order valence-electron chi connectivity index (χ2n) is 6.29. The fraction of sp³-hybridized carbons (Fsp3) is 0.643. The topological polar surface area (TPSA) is 17.1 Å². The van der Waals surface area contributed by atoms with Gasteiger partial charge in [-0.3, -0.25) is 0 Å². The van der Waals surface area contributed by atoms with Gasteiger partial charge in [-0.15, -0.1) is 0 Å². The molecule has 16 heavy (non-hydrogen) atoms. The van der Waals surface area contributed by atoms with Crippen LogP contribution in [0.25, 0.3) is 0 Å². The third kappa shape index (κ3) is 4.08. The number of allylic oxidation sites excluding steroid dienone is 4.